The summed E-state index contributed by atoms with van der Waals surface area (Å²) in [5.41, 5.74) is 6.77. The van der Waals surface area contributed by atoms with Gasteiger partial charge in [0.05, 0.1) is 26.0 Å². The van der Waals surface area contributed by atoms with Crippen LogP contribution in [-0.2, 0) is 0 Å². The SMILES string of the molecule is COc1ccc(C2=CC3c4cc(OC)ccc4OC4(CCCCC4)N3N2)cc1. The summed E-state index contributed by atoms with van der Waals surface area (Å²) in [6.45, 7) is 0. The van der Waals surface area contributed by atoms with Crippen LogP contribution in [0.2, 0.25) is 0 Å². The Labute approximate surface area is 165 Å². The van der Waals surface area contributed by atoms with Crippen molar-refractivity contribution in [3.05, 3.63) is 59.7 Å². The van der Waals surface area contributed by atoms with Gasteiger partial charge in [-0.1, -0.05) is 6.42 Å². The van der Waals surface area contributed by atoms with Crippen LogP contribution in [0.4, 0.5) is 0 Å². The number of rotatable bonds is 3. The zero-order valence-electron chi connectivity index (χ0n) is 16.4. The molecule has 1 aliphatic carbocycles. The van der Waals surface area contributed by atoms with Crippen molar-refractivity contribution in [3.63, 3.8) is 0 Å². The van der Waals surface area contributed by atoms with Crippen molar-refractivity contribution in [2.45, 2.75) is 43.9 Å². The third-order valence-corrected chi connectivity index (χ3v) is 6.15. The molecule has 2 heterocycles. The van der Waals surface area contributed by atoms with Gasteiger partial charge in [-0.2, -0.15) is 5.01 Å². The monoisotopic (exact) mass is 378 g/mol. The van der Waals surface area contributed by atoms with Crippen LogP contribution >= 0.6 is 0 Å². The second kappa shape index (κ2) is 6.74. The Balaban J connectivity index is 1.57. The summed E-state index contributed by atoms with van der Waals surface area (Å²) in [5.74, 6) is 2.69. The minimum atomic E-state index is -0.296. The number of hydrogen-bond acceptors (Lipinski definition) is 5. The highest BCUT2D eigenvalue weighted by Crippen LogP contribution is 2.50. The standard InChI is InChI=1S/C23H26N2O3/c1-26-17-8-6-16(7-9-17)20-15-21-19-14-18(27-2)10-11-22(19)28-23(25(21)24-20)12-4-3-5-13-23/h6-11,14-15,21,24H,3-5,12-13H2,1-2H3. The van der Waals surface area contributed by atoms with Crippen LogP contribution in [0.15, 0.2) is 48.5 Å². The molecule has 0 bridgehead atoms. The predicted molar refractivity (Wildman–Crippen MR) is 108 cm³/mol. The van der Waals surface area contributed by atoms with Gasteiger partial charge in [-0.05, 0) is 66.9 Å². The fourth-order valence-corrected chi connectivity index (χ4v) is 4.66. The van der Waals surface area contributed by atoms with Crippen molar-refractivity contribution >= 4 is 5.70 Å². The molecule has 1 unspecified atom stereocenters. The van der Waals surface area contributed by atoms with Gasteiger partial charge in [-0.25, -0.2) is 0 Å². The lowest BCUT2D eigenvalue weighted by atomic mass is 9.87. The number of hydrogen-bond donors (Lipinski definition) is 1. The van der Waals surface area contributed by atoms with Crippen molar-refractivity contribution in [3.8, 4) is 17.2 Å². The molecular weight excluding hydrogens is 352 g/mol. The molecule has 1 atom stereocenters. The lowest BCUT2D eigenvalue weighted by Crippen LogP contribution is -2.60. The molecule has 1 spiro atoms. The maximum atomic E-state index is 6.65. The Bertz CT molecular complexity index is 901. The van der Waals surface area contributed by atoms with E-state index >= 15 is 0 Å². The summed E-state index contributed by atoms with van der Waals surface area (Å²) in [5, 5.41) is 2.33. The molecule has 0 saturated heterocycles. The third kappa shape index (κ3) is 2.73. The topological polar surface area (TPSA) is 43.0 Å². The molecule has 1 fully saturated rings. The van der Waals surface area contributed by atoms with Gasteiger partial charge in [-0.3, -0.25) is 0 Å². The fourth-order valence-electron chi connectivity index (χ4n) is 4.66. The molecule has 5 heteroatoms. The van der Waals surface area contributed by atoms with E-state index in [4.69, 9.17) is 14.2 Å². The van der Waals surface area contributed by atoms with E-state index in [9.17, 15) is 0 Å². The smallest absolute Gasteiger partial charge is 0.180 e. The number of hydrazine groups is 1. The van der Waals surface area contributed by atoms with Crippen molar-refractivity contribution < 1.29 is 14.2 Å². The molecule has 0 radical (unpaired) electrons. The minimum Gasteiger partial charge on any atom is -0.497 e. The van der Waals surface area contributed by atoms with Crippen LogP contribution < -0.4 is 19.6 Å². The zero-order chi connectivity index (χ0) is 19.1. The lowest BCUT2D eigenvalue weighted by Gasteiger charge is -2.50. The Morgan fingerprint density at radius 3 is 2.39 bits per heavy atom. The average Bonchev–Trinajstić information content (AvgIpc) is 3.21. The Hall–Kier alpha value is -2.66. The van der Waals surface area contributed by atoms with Crippen molar-refractivity contribution in [1.29, 1.82) is 0 Å². The van der Waals surface area contributed by atoms with Gasteiger partial charge >= 0.3 is 0 Å². The van der Waals surface area contributed by atoms with Crippen LogP contribution in [0.3, 0.4) is 0 Å². The fraction of sp³-hybridized carbons (Fsp3) is 0.391. The molecule has 0 aromatic heterocycles. The molecule has 2 aromatic rings. The molecule has 28 heavy (non-hydrogen) atoms. The first-order valence-corrected chi connectivity index (χ1v) is 10.0. The molecule has 3 aliphatic rings. The van der Waals surface area contributed by atoms with Gasteiger partial charge in [-0.15, -0.1) is 0 Å². The second-order valence-electron chi connectivity index (χ2n) is 7.75. The van der Waals surface area contributed by atoms with E-state index in [0.29, 0.717) is 0 Å². The summed E-state index contributed by atoms with van der Waals surface area (Å²) in [4.78, 5) is 0. The maximum absolute atomic E-state index is 6.65. The van der Waals surface area contributed by atoms with E-state index in [0.717, 1.165) is 46.9 Å². The molecule has 5 rings (SSSR count). The van der Waals surface area contributed by atoms with E-state index in [1.807, 2.05) is 18.2 Å². The highest BCUT2D eigenvalue weighted by Gasteiger charge is 2.50. The lowest BCUT2D eigenvalue weighted by molar-refractivity contribution is -0.150. The van der Waals surface area contributed by atoms with Crippen molar-refractivity contribution in [1.82, 2.24) is 10.4 Å². The van der Waals surface area contributed by atoms with Crippen molar-refractivity contribution in [2.24, 2.45) is 0 Å². The number of methoxy groups -OCH3 is 2. The number of fused-ring (bicyclic) bond motifs is 4. The summed E-state index contributed by atoms with van der Waals surface area (Å²) < 4.78 is 17.4. The van der Waals surface area contributed by atoms with Crippen LogP contribution in [-0.4, -0.2) is 25.0 Å². The molecular formula is C23H26N2O3. The van der Waals surface area contributed by atoms with Gasteiger partial charge < -0.3 is 19.6 Å². The first kappa shape index (κ1) is 17.4. The van der Waals surface area contributed by atoms with E-state index in [-0.39, 0.29) is 11.8 Å². The molecule has 2 aliphatic heterocycles. The minimum absolute atomic E-state index is 0.119. The van der Waals surface area contributed by atoms with Gasteiger partial charge in [0.15, 0.2) is 5.72 Å². The normalized spacial score (nSPS) is 22.5. The van der Waals surface area contributed by atoms with Gasteiger partial charge in [0.25, 0.3) is 0 Å². The van der Waals surface area contributed by atoms with Crippen LogP contribution in [0.25, 0.3) is 5.70 Å². The highest BCUT2D eigenvalue weighted by atomic mass is 16.5. The highest BCUT2D eigenvalue weighted by molar-refractivity contribution is 5.68. The summed E-state index contributed by atoms with van der Waals surface area (Å²) in [6.07, 6.45) is 8.02. The van der Waals surface area contributed by atoms with Crippen LogP contribution in [0.1, 0.15) is 49.3 Å². The molecule has 5 nitrogen and oxygen atoms in total. The van der Waals surface area contributed by atoms with Crippen LogP contribution in [0, 0.1) is 0 Å². The summed E-state index contributed by atoms with van der Waals surface area (Å²) in [7, 11) is 3.40. The Morgan fingerprint density at radius 1 is 0.964 bits per heavy atom. The van der Waals surface area contributed by atoms with E-state index in [1.54, 1.807) is 14.2 Å². The summed E-state index contributed by atoms with van der Waals surface area (Å²) >= 11 is 0. The first-order valence-electron chi connectivity index (χ1n) is 10.0. The van der Waals surface area contributed by atoms with Crippen LogP contribution in [0.5, 0.6) is 17.2 Å². The Morgan fingerprint density at radius 2 is 1.68 bits per heavy atom. The summed E-state index contributed by atoms with van der Waals surface area (Å²) in [6, 6.07) is 14.4. The number of nitrogens with one attached hydrogen (secondary N) is 1. The quantitative estimate of drug-likeness (QED) is 0.841. The number of benzene rings is 2. The van der Waals surface area contributed by atoms with Crippen molar-refractivity contribution in [2.75, 3.05) is 14.2 Å². The molecule has 1 saturated carbocycles. The maximum Gasteiger partial charge on any atom is 0.180 e. The number of ether oxygens (including phenoxy) is 3. The Kier molecular flexibility index (Phi) is 4.20. The van der Waals surface area contributed by atoms with Gasteiger partial charge in [0.2, 0.25) is 0 Å². The first-order chi connectivity index (χ1) is 13.7. The zero-order valence-corrected chi connectivity index (χ0v) is 16.4. The van der Waals surface area contributed by atoms with E-state index in [1.165, 1.54) is 19.3 Å². The molecule has 0 amide bonds. The van der Waals surface area contributed by atoms with Gasteiger partial charge in [0.1, 0.15) is 17.2 Å². The predicted octanol–water partition coefficient (Wildman–Crippen LogP) is 4.66. The third-order valence-electron chi connectivity index (χ3n) is 6.15. The molecule has 1 N–H and O–H groups in total. The van der Waals surface area contributed by atoms with E-state index in [2.05, 4.69) is 40.8 Å². The molecule has 146 valence electrons. The average molecular weight is 378 g/mol. The largest absolute Gasteiger partial charge is 0.497 e. The molecule has 2 aromatic carbocycles. The number of nitrogens with zero attached hydrogens (tertiary/aromatic N) is 1. The van der Waals surface area contributed by atoms with Gasteiger partial charge in [0, 0.05) is 18.4 Å². The van der Waals surface area contributed by atoms with E-state index < -0.39 is 0 Å². The second-order valence-corrected chi connectivity index (χ2v) is 7.75.